The van der Waals surface area contributed by atoms with E-state index in [2.05, 4.69) is 34.1 Å². The summed E-state index contributed by atoms with van der Waals surface area (Å²) in [7, 11) is 2.30. The Morgan fingerprint density at radius 2 is 1.61 bits per heavy atom. The molecular weight excluding hydrogens is 544 g/mol. The minimum absolute atomic E-state index is 0.539. The van der Waals surface area contributed by atoms with Gasteiger partial charge in [-0.2, -0.15) is 26.3 Å². The van der Waals surface area contributed by atoms with E-state index in [4.69, 9.17) is 24.5 Å². The smallest absolute Gasteiger partial charge is 0.475 e. The number of aliphatic carboxylic acids is 2. The van der Waals surface area contributed by atoms with Crippen molar-refractivity contribution in [2.24, 2.45) is 11.3 Å². The molecule has 3 aliphatic rings. The number of alkyl halides is 6. The van der Waals surface area contributed by atoms with Crippen molar-refractivity contribution in [3.63, 3.8) is 0 Å². The monoisotopic (exact) mass is 577 g/mol. The number of carboxylic acids is 2. The molecule has 2 aliphatic heterocycles. The molecule has 0 bridgehead atoms. The molecule has 38 heavy (non-hydrogen) atoms. The topological polar surface area (TPSA) is 103 Å². The zero-order chi connectivity index (χ0) is 28.7. The van der Waals surface area contributed by atoms with E-state index >= 15 is 0 Å². The molecule has 1 aromatic heterocycles. The van der Waals surface area contributed by atoms with Crippen molar-refractivity contribution in [3.05, 3.63) is 16.1 Å². The van der Waals surface area contributed by atoms with Gasteiger partial charge in [0.25, 0.3) is 0 Å². The number of hydrogen-bond donors (Lipinski definition) is 2. The van der Waals surface area contributed by atoms with Gasteiger partial charge in [-0.15, -0.1) is 11.3 Å². The fraction of sp³-hybridized carbons (Fsp3) is 0.783. The first-order valence-corrected chi connectivity index (χ1v) is 12.9. The average Bonchev–Trinajstić information content (AvgIpc) is 3.45. The SMILES string of the molecule is Cc1csc(CN2CCC3(CC2)CC(COCC2CC2)N(C)C3)n1.O=C(O)C(F)(F)F.O=C(O)C(F)(F)F. The molecule has 1 unspecified atom stereocenters. The Hall–Kier alpha value is -1.97. The number of aromatic nitrogens is 1. The van der Waals surface area contributed by atoms with Gasteiger partial charge < -0.3 is 19.8 Å². The van der Waals surface area contributed by atoms with Crippen molar-refractivity contribution in [2.45, 2.75) is 64.0 Å². The molecule has 1 atom stereocenters. The van der Waals surface area contributed by atoms with Crippen LogP contribution in [0.5, 0.6) is 0 Å². The van der Waals surface area contributed by atoms with Gasteiger partial charge in [-0.3, -0.25) is 4.90 Å². The number of rotatable bonds is 6. The van der Waals surface area contributed by atoms with E-state index < -0.39 is 24.3 Å². The number of hydrogen-bond acceptors (Lipinski definition) is 7. The molecule has 1 aromatic rings. The summed E-state index contributed by atoms with van der Waals surface area (Å²) in [5, 5.41) is 17.7. The zero-order valence-electron chi connectivity index (χ0n) is 21.1. The van der Waals surface area contributed by atoms with Gasteiger partial charge in [-0.05, 0) is 70.5 Å². The summed E-state index contributed by atoms with van der Waals surface area (Å²) in [6.07, 6.45) is -3.39. The normalized spacial score (nSPS) is 21.8. The average molecular weight is 578 g/mol. The summed E-state index contributed by atoms with van der Waals surface area (Å²) in [6.45, 7) is 8.78. The fourth-order valence-corrected chi connectivity index (χ4v) is 5.25. The molecule has 3 fully saturated rings. The van der Waals surface area contributed by atoms with E-state index in [0.717, 1.165) is 31.4 Å². The second-order valence-electron chi connectivity index (χ2n) is 10.0. The molecule has 0 aromatic carbocycles. The van der Waals surface area contributed by atoms with E-state index in [-0.39, 0.29) is 0 Å². The van der Waals surface area contributed by atoms with E-state index in [1.807, 2.05) is 0 Å². The van der Waals surface area contributed by atoms with Crippen molar-refractivity contribution in [2.75, 3.05) is 39.9 Å². The van der Waals surface area contributed by atoms with Crippen LogP contribution in [0.1, 0.15) is 42.8 Å². The molecule has 8 nitrogen and oxygen atoms in total. The highest BCUT2D eigenvalue weighted by molar-refractivity contribution is 7.09. The molecule has 15 heteroatoms. The molecule has 1 saturated carbocycles. The van der Waals surface area contributed by atoms with Crippen LogP contribution in [0, 0.1) is 18.3 Å². The Labute approximate surface area is 220 Å². The molecule has 2 saturated heterocycles. The van der Waals surface area contributed by atoms with Gasteiger partial charge in [0.05, 0.1) is 13.2 Å². The quantitative estimate of drug-likeness (QED) is 0.479. The maximum Gasteiger partial charge on any atom is 0.490 e. The van der Waals surface area contributed by atoms with Crippen molar-refractivity contribution >= 4 is 23.3 Å². The number of carboxylic acid groups (broad SMARTS) is 2. The second kappa shape index (κ2) is 13.4. The van der Waals surface area contributed by atoms with E-state index in [1.54, 1.807) is 11.3 Å². The van der Waals surface area contributed by atoms with Gasteiger partial charge >= 0.3 is 24.3 Å². The number of ether oxygens (including phenoxy) is 1. The van der Waals surface area contributed by atoms with Crippen LogP contribution in [0.25, 0.3) is 0 Å². The lowest BCUT2D eigenvalue weighted by Crippen LogP contribution is -2.40. The van der Waals surface area contributed by atoms with Crippen LogP contribution in [-0.4, -0.2) is 95.2 Å². The first-order chi connectivity index (χ1) is 17.5. The summed E-state index contributed by atoms with van der Waals surface area (Å²) in [5.41, 5.74) is 1.70. The third kappa shape index (κ3) is 11.0. The molecule has 2 N–H and O–H groups in total. The molecule has 1 aliphatic carbocycles. The van der Waals surface area contributed by atoms with Crippen molar-refractivity contribution in [1.29, 1.82) is 0 Å². The Morgan fingerprint density at radius 1 is 1.08 bits per heavy atom. The maximum atomic E-state index is 10.6. The van der Waals surface area contributed by atoms with Gasteiger partial charge in [-0.25, -0.2) is 14.6 Å². The Kier molecular flexibility index (Phi) is 11.4. The van der Waals surface area contributed by atoms with Gasteiger partial charge in [0.2, 0.25) is 0 Å². The van der Waals surface area contributed by atoms with Gasteiger partial charge in [0.15, 0.2) is 0 Å². The molecular formula is C23H33F6N3O5S. The lowest BCUT2D eigenvalue weighted by Gasteiger charge is -2.39. The number of carbonyl (C=O) groups is 2. The zero-order valence-corrected chi connectivity index (χ0v) is 22.0. The molecule has 0 amide bonds. The summed E-state index contributed by atoms with van der Waals surface area (Å²) >= 11 is 1.81. The number of nitrogens with zero attached hydrogens (tertiary/aromatic N) is 3. The fourth-order valence-electron chi connectivity index (χ4n) is 4.43. The highest BCUT2D eigenvalue weighted by Crippen LogP contribution is 2.43. The molecule has 1 spiro atoms. The minimum Gasteiger partial charge on any atom is -0.475 e. The largest absolute Gasteiger partial charge is 0.490 e. The molecule has 3 heterocycles. The second-order valence-corrected chi connectivity index (χ2v) is 11.0. The first kappa shape index (κ1) is 32.2. The van der Waals surface area contributed by atoms with E-state index in [0.29, 0.717) is 11.5 Å². The number of piperidine rings is 1. The Morgan fingerprint density at radius 3 is 2.03 bits per heavy atom. The highest BCUT2D eigenvalue weighted by atomic mass is 32.1. The van der Waals surface area contributed by atoms with Crippen molar-refractivity contribution < 1.29 is 50.9 Å². The molecule has 0 radical (unpaired) electrons. The van der Waals surface area contributed by atoms with Crippen LogP contribution >= 0.6 is 11.3 Å². The Bertz CT molecular complexity index is 890. The summed E-state index contributed by atoms with van der Waals surface area (Å²) in [4.78, 5) is 27.6. The van der Waals surface area contributed by atoms with Crippen LogP contribution < -0.4 is 0 Å². The van der Waals surface area contributed by atoms with Crippen LogP contribution in [0.15, 0.2) is 5.38 Å². The van der Waals surface area contributed by atoms with Crippen molar-refractivity contribution in [1.82, 2.24) is 14.8 Å². The standard InChI is InChI=1S/C19H31N3OS.2C2HF3O2/c1-15-13-24-18(20-15)10-22-7-5-19(6-8-22)9-17(21(2)14-19)12-23-11-16-3-4-16;2*3-2(4,5)1(6)7/h13,16-17H,3-12,14H2,1-2H3;2*(H,6,7). The van der Waals surface area contributed by atoms with Crippen LogP contribution in [-0.2, 0) is 20.9 Å². The van der Waals surface area contributed by atoms with Crippen LogP contribution in [0.4, 0.5) is 26.3 Å². The van der Waals surface area contributed by atoms with Crippen molar-refractivity contribution in [3.8, 4) is 0 Å². The summed E-state index contributed by atoms with van der Waals surface area (Å²) in [5.74, 6) is -4.64. The molecule has 4 rings (SSSR count). The predicted octanol–water partition coefficient (Wildman–Crippen LogP) is 4.43. The van der Waals surface area contributed by atoms with Crippen LogP contribution in [0.3, 0.4) is 0 Å². The van der Waals surface area contributed by atoms with Gasteiger partial charge in [0.1, 0.15) is 5.01 Å². The number of likely N-dealkylation sites (tertiary alicyclic amines) is 2. The summed E-state index contributed by atoms with van der Waals surface area (Å²) < 4.78 is 69.5. The van der Waals surface area contributed by atoms with E-state index in [9.17, 15) is 26.3 Å². The first-order valence-electron chi connectivity index (χ1n) is 12.0. The molecule has 218 valence electrons. The third-order valence-corrected chi connectivity index (χ3v) is 7.62. The van der Waals surface area contributed by atoms with E-state index in [1.165, 1.54) is 56.7 Å². The van der Waals surface area contributed by atoms with Gasteiger partial charge in [0, 0.05) is 30.3 Å². The number of aryl methyl sites for hydroxylation is 1. The number of thiazole rings is 1. The van der Waals surface area contributed by atoms with Crippen LogP contribution in [0.2, 0.25) is 0 Å². The number of likely N-dealkylation sites (N-methyl/N-ethyl adjacent to an activating group) is 1. The Balaban J connectivity index is 0.000000301. The third-order valence-electron chi connectivity index (χ3n) is 6.66. The lowest BCUT2D eigenvalue weighted by molar-refractivity contribution is -0.193. The number of halogens is 6. The van der Waals surface area contributed by atoms with Gasteiger partial charge in [-0.1, -0.05) is 0 Å². The minimum atomic E-state index is -5.08. The maximum absolute atomic E-state index is 10.6. The highest BCUT2D eigenvalue weighted by Gasteiger charge is 2.44. The summed E-state index contributed by atoms with van der Waals surface area (Å²) in [6, 6.07) is 0.636. The lowest BCUT2D eigenvalue weighted by atomic mass is 9.76. The predicted molar refractivity (Wildman–Crippen MR) is 126 cm³/mol.